The van der Waals surface area contributed by atoms with E-state index in [1.165, 1.54) is 29.8 Å². The lowest BCUT2D eigenvalue weighted by Crippen LogP contribution is -2.34. The van der Waals surface area contributed by atoms with Gasteiger partial charge in [-0.1, -0.05) is 39.7 Å². The lowest BCUT2D eigenvalue weighted by Gasteiger charge is -2.39. The monoisotopic (exact) mass is 456 g/mol. The molecule has 1 atom stereocenters. The van der Waals surface area contributed by atoms with E-state index >= 15 is 0 Å². The van der Waals surface area contributed by atoms with Crippen LogP contribution in [-0.4, -0.2) is 16.9 Å². The summed E-state index contributed by atoms with van der Waals surface area (Å²) >= 11 is 1.41. The number of thiophene rings is 1. The fraction of sp³-hybridized carbons (Fsp3) is 0.714. The molecule has 0 saturated heterocycles. The average molecular weight is 457 g/mol. The second-order valence-corrected chi connectivity index (χ2v) is 12.6. The maximum atomic E-state index is 14.0. The van der Waals surface area contributed by atoms with Crippen molar-refractivity contribution in [3.05, 3.63) is 27.5 Å². The van der Waals surface area contributed by atoms with Crippen molar-refractivity contribution in [2.75, 3.05) is 0 Å². The lowest BCUT2D eigenvalue weighted by molar-refractivity contribution is -0.127. The molecule has 176 valence electrons. The first-order valence-corrected chi connectivity index (χ1v) is 13.7. The van der Waals surface area contributed by atoms with E-state index in [2.05, 4.69) is 32.9 Å². The van der Waals surface area contributed by atoms with Crippen LogP contribution in [0.3, 0.4) is 0 Å². The van der Waals surface area contributed by atoms with Crippen molar-refractivity contribution in [2.24, 2.45) is 23.2 Å². The molecule has 3 nitrogen and oxygen atoms in total. The number of Topliss-reactive ketones (excluding diaryl/α,β-unsaturated/α-hetero) is 1. The van der Waals surface area contributed by atoms with Gasteiger partial charge in [-0.3, -0.25) is 4.79 Å². The quantitative estimate of drug-likeness (QED) is 0.470. The number of ketones is 1. The number of carboxylic acids is 1. The van der Waals surface area contributed by atoms with E-state index in [-0.39, 0.29) is 17.8 Å². The maximum absolute atomic E-state index is 14.0. The third kappa shape index (κ3) is 5.21. The van der Waals surface area contributed by atoms with Gasteiger partial charge in [0.05, 0.1) is 0 Å². The minimum atomic E-state index is -0.862. The summed E-state index contributed by atoms with van der Waals surface area (Å²) in [7, 11) is 0. The number of carboxylic acid groups (broad SMARTS) is 1. The van der Waals surface area contributed by atoms with Crippen LogP contribution in [0, 0.1) is 23.2 Å². The van der Waals surface area contributed by atoms with Gasteiger partial charge in [-0.15, -0.1) is 11.3 Å². The second kappa shape index (κ2) is 9.83. The molecular weight excluding hydrogens is 416 g/mol. The zero-order chi connectivity index (χ0) is 22.9. The molecule has 2 fully saturated rings. The third-order valence-corrected chi connectivity index (χ3v) is 9.69. The summed E-state index contributed by atoms with van der Waals surface area (Å²) in [5, 5.41) is 10.1. The number of carbonyl (C=O) groups excluding carboxylic acids is 1. The standard InChI is InChI=1S/C28H40O3S/c1-18-9-11-21(12-10-18)25(29)24(20-13-15-28(2,3)16-14-20)22-17-23(32-26(22)27(30)31)19-7-5-4-6-8-19/h7,17-18,20-21,24H,4-6,8-16H2,1-3H3,(H,30,31). The first-order chi connectivity index (χ1) is 15.2. The van der Waals surface area contributed by atoms with E-state index < -0.39 is 5.97 Å². The molecule has 0 amide bonds. The Labute approximate surface area is 197 Å². The molecule has 32 heavy (non-hydrogen) atoms. The Morgan fingerprint density at radius 3 is 2.34 bits per heavy atom. The molecule has 1 unspecified atom stereocenters. The zero-order valence-corrected chi connectivity index (χ0v) is 20.9. The van der Waals surface area contributed by atoms with Crippen LogP contribution in [-0.2, 0) is 4.79 Å². The number of hydrogen-bond acceptors (Lipinski definition) is 3. The largest absolute Gasteiger partial charge is 0.477 e. The normalized spacial score (nSPS) is 27.5. The number of rotatable bonds is 6. The van der Waals surface area contributed by atoms with Crippen LogP contribution in [0.5, 0.6) is 0 Å². The summed E-state index contributed by atoms with van der Waals surface area (Å²) in [5.41, 5.74) is 2.45. The highest BCUT2D eigenvalue weighted by atomic mass is 32.1. The molecule has 1 aromatic rings. The van der Waals surface area contributed by atoms with Gasteiger partial charge in [0.2, 0.25) is 0 Å². The molecule has 0 radical (unpaired) electrons. The molecule has 0 spiro atoms. The molecule has 3 aliphatic rings. The Balaban J connectivity index is 1.70. The van der Waals surface area contributed by atoms with Gasteiger partial charge in [0.25, 0.3) is 0 Å². The van der Waals surface area contributed by atoms with E-state index in [1.54, 1.807) is 0 Å². The molecule has 3 aliphatic carbocycles. The van der Waals surface area contributed by atoms with Crippen LogP contribution in [0.15, 0.2) is 12.1 Å². The first-order valence-electron chi connectivity index (χ1n) is 12.9. The molecule has 1 aromatic heterocycles. The summed E-state index contributed by atoms with van der Waals surface area (Å²) in [6, 6.07) is 2.11. The van der Waals surface area contributed by atoms with E-state index in [9.17, 15) is 14.7 Å². The SMILES string of the molecule is CC1CCC(C(=O)C(c2cc(C3=CCCCC3)sc2C(=O)O)C2CCC(C)(C)CC2)CC1. The van der Waals surface area contributed by atoms with Crippen LogP contribution < -0.4 is 0 Å². The minimum absolute atomic E-state index is 0.102. The summed E-state index contributed by atoms with van der Waals surface area (Å²) in [5.74, 6) is 0.309. The van der Waals surface area contributed by atoms with Gasteiger partial charge < -0.3 is 5.11 Å². The van der Waals surface area contributed by atoms with Crippen molar-refractivity contribution in [3.63, 3.8) is 0 Å². The predicted molar refractivity (Wildman–Crippen MR) is 132 cm³/mol. The number of carbonyl (C=O) groups is 2. The number of hydrogen-bond donors (Lipinski definition) is 1. The molecule has 0 aromatic carbocycles. The topological polar surface area (TPSA) is 54.4 Å². The Morgan fingerprint density at radius 2 is 1.75 bits per heavy atom. The van der Waals surface area contributed by atoms with Gasteiger partial charge in [0.15, 0.2) is 0 Å². The van der Waals surface area contributed by atoms with Crippen molar-refractivity contribution in [1.82, 2.24) is 0 Å². The molecular formula is C28H40O3S. The number of aromatic carboxylic acids is 1. The fourth-order valence-corrected chi connectivity index (χ4v) is 7.33. The van der Waals surface area contributed by atoms with Gasteiger partial charge in [-0.25, -0.2) is 4.79 Å². The fourth-order valence-electron chi connectivity index (χ4n) is 6.22. The summed E-state index contributed by atoms with van der Waals surface area (Å²) in [6.45, 7) is 6.93. The highest BCUT2D eigenvalue weighted by Gasteiger charge is 2.41. The Hall–Kier alpha value is -1.42. The molecule has 4 rings (SSSR count). The molecule has 1 heterocycles. The van der Waals surface area contributed by atoms with Crippen LogP contribution in [0.25, 0.3) is 5.57 Å². The molecule has 1 N–H and O–H groups in total. The summed E-state index contributed by atoms with van der Waals surface area (Å²) < 4.78 is 0. The summed E-state index contributed by atoms with van der Waals surface area (Å²) in [4.78, 5) is 27.9. The summed E-state index contributed by atoms with van der Waals surface area (Å²) in [6.07, 6.45) is 15.2. The van der Waals surface area contributed by atoms with Crippen LogP contribution >= 0.6 is 11.3 Å². The van der Waals surface area contributed by atoms with Gasteiger partial charge in [-0.2, -0.15) is 0 Å². The number of allylic oxidation sites excluding steroid dienone is 2. The lowest BCUT2D eigenvalue weighted by atomic mass is 9.65. The Bertz CT molecular complexity index is 859. The predicted octanol–water partition coefficient (Wildman–Crippen LogP) is 8.10. The van der Waals surface area contributed by atoms with Crippen LogP contribution in [0.4, 0.5) is 0 Å². The molecule has 2 saturated carbocycles. The third-order valence-electron chi connectivity index (χ3n) is 8.48. The molecule has 0 bridgehead atoms. The minimum Gasteiger partial charge on any atom is -0.477 e. The van der Waals surface area contributed by atoms with E-state index in [4.69, 9.17) is 0 Å². The smallest absolute Gasteiger partial charge is 0.346 e. The van der Waals surface area contributed by atoms with E-state index in [0.717, 1.165) is 74.6 Å². The van der Waals surface area contributed by atoms with Crippen molar-refractivity contribution in [1.29, 1.82) is 0 Å². The van der Waals surface area contributed by atoms with Crippen molar-refractivity contribution >= 4 is 28.7 Å². The Morgan fingerprint density at radius 1 is 1.06 bits per heavy atom. The van der Waals surface area contributed by atoms with Crippen LogP contribution in [0.1, 0.15) is 124 Å². The van der Waals surface area contributed by atoms with Gasteiger partial charge in [0, 0.05) is 16.7 Å². The molecule has 0 aliphatic heterocycles. The van der Waals surface area contributed by atoms with Crippen molar-refractivity contribution < 1.29 is 14.7 Å². The highest BCUT2D eigenvalue weighted by Crippen LogP contribution is 2.48. The zero-order valence-electron chi connectivity index (χ0n) is 20.1. The van der Waals surface area contributed by atoms with E-state index in [1.807, 2.05) is 0 Å². The maximum Gasteiger partial charge on any atom is 0.346 e. The Kier molecular flexibility index (Phi) is 7.29. The first kappa shape index (κ1) is 23.7. The highest BCUT2D eigenvalue weighted by molar-refractivity contribution is 7.15. The van der Waals surface area contributed by atoms with Gasteiger partial charge >= 0.3 is 5.97 Å². The second-order valence-electron chi connectivity index (χ2n) is 11.5. The van der Waals surface area contributed by atoms with Gasteiger partial charge in [-0.05, 0) is 98.7 Å². The molecule has 4 heteroatoms. The van der Waals surface area contributed by atoms with E-state index in [0.29, 0.717) is 22.0 Å². The van der Waals surface area contributed by atoms with Crippen LogP contribution in [0.2, 0.25) is 0 Å². The van der Waals surface area contributed by atoms with Gasteiger partial charge in [0.1, 0.15) is 10.7 Å². The van der Waals surface area contributed by atoms with Crippen molar-refractivity contribution in [2.45, 2.75) is 104 Å². The van der Waals surface area contributed by atoms with Crippen molar-refractivity contribution in [3.8, 4) is 0 Å². The average Bonchev–Trinajstić information content (AvgIpc) is 3.21.